The molecule has 2 aromatic carbocycles. The number of amides is 2. The lowest BCUT2D eigenvalue weighted by Crippen LogP contribution is -2.18. The summed E-state index contributed by atoms with van der Waals surface area (Å²) < 4.78 is 45.4. The largest absolute Gasteiger partial charge is 0.459 e. The van der Waals surface area contributed by atoms with E-state index in [9.17, 15) is 22.8 Å². The van der Waals surface area contributed by atoms with Gasteiger partial charge in [0.25, 0.3) is 5.91 Å². The predicted molar refractivity (Wildman–Crippen MR) is 107 cm³/mol. The number of alkyl halides is 3. The van der Waals surface area contributed by atoms with E-state index in [1.807, 2.05) is 0 Å². The van der Waals surface area contributed by atoms with Gasteiger partial charge in [0.1, 0.15) is 0 Å². The third-order valence-corrected chi connectivity index (χ3v) is 4.41. The SMILES string of the molecule is O=C(CCc1ccc(Cl)cc1)Nc1ccc(NC(=O)c2ccco2)cc1C(F)(F)F. The molecule has 3 aromatic rings. The third kappa shape index (κ3) is 5.64. The lowest BCUT2D eigenvalue weighted by atomic mass is 10.1. The molecule has 0 saturated heterocycles. The average molecular weight is 437 g/mol. The van der Waals surface area contributed by atoms with E-state index >= 15 is 0 Å². The Labute approximate surface area is 174 Å². The molecular formula is C21H16ClF3N2O3. The highest BCUT2D eigenvalue weighted by molar-refractivity contribution is 6.30. The van der Waals surface area contributed by atoms with Gasteiger partial charge in [0.05, 0.1) is 17.5 Å². The van der Waals surface area contributed by atoms with Crippen LogP contribution >= 0.6 is 11.6 Å². The fourth-order valence-corrected chi connectivity index (χ4v) is 2.81. The number of furan rings is 1. The monoisotopic (exact) mass is 436 g/mol. The zero-order valence-electron chi connectivity index (χ0n) is 15.4. The number of halogens is 4. The summed E-state index contributed by atoms with van der Waals surface area (Å²) in [5.74, 6) is -1.29. The van der Waals surface area contributed by atoms with Crippen LogP contribution in [0.25, 0.3) is 0 Å². The summed E-state index contributed by atoms with van der Waals surface area (Å²) in [6.07, 6.45) is -3.11. The molecule has 1 heterocycles. The van der Waals surface area contributed by atoms with Crippen molar-refractivity contribution >= 4 is 34.8 Å². The molecule has 0 radical (unpaired) electrons. The lowest BCUT2D eigenvalue weighted by molar-refractivity contribution is -0.136. The van der Waals surface area contributed by atoms with Gasteiger partial charge in [0.15, 0.2) is 5.76 Å². The van der Waals surface area contributed by atoms with Crippen LogP contribution in [0.1, 0.15) is 28.1 Å². The Morgan fingerprint density at radius 1 is 1.00 bits per heavy atom. The maximum absolute atomic E-state index is 13.5. The van der Waals surface area contributed by atoms with Gasteiger partial charge in [-0.25, -0.2) is 0 Å². The first-order chi connectivity index (χ1) is 14.2. The van der Waals surface area contributed by atoms with Crippen molar-refractivity contribution in [1.29, 1.82) is 0 Å². The Balaban J connectivity index is 1.71. The number of aryl methyl sites for hydroxylation is 1. The zero-order chi connectivity index (χ0) is 21.7. The standard InChI is InChI=1S/C21H16ClF3N2O3/c22-14-6-3-13(4-7-14)5-10-19(28)27-17-9-8-15(12-16(17)21(23,24)25)26-20(29)18-2-1-11-30-18/h1-4,6-9,11-12H,5,10H2,(H,26,29)(H,27,28). The summed E-state index contributed by atoms with van der Waals surface area (Å²) >= 11 is 5.80. The van der Waals surface area contributed by atoms with Crippen LogP contribution in [-0.4, -0.2) is 11.8 Å². The van der Waals surface area contributed by atoms with E-state index in [2.05, 4.69) is 10.6 Å². The summed E-state index contributed by atoms with van der Waals surface area (Å²) in [7, 11) is 0. The predicted octanol–water partition coefficient (Wildman–Crippen LogP) is 5.78. The van der Waals surface area contributed by atoms with E-state index in [-0.39, 0.29) is 23.6 Å². The summed E-state index contributed by atoms with van der Waals surface area (Å²) in [6.45, 7) is 0. The molecule has 30 heavy (non-hydrogen) atoms. The van der Waals surface area contributed by atoms with Crippen molar-refractivity contribution in [3.63, 3.8) is 0 Å². The Bertz CT molecular complexity index is 1030. The quantitative estimate of drug-likeness (QED) is 0.515. The first-order valence-corrected chi connectivity index (χ1v) is 9.20. The summed E-state index contributed by atoms with van der Waals surface area (Å²) in [4.78, 5) is 24.1. The fourth-order valence-electron chi connectivity index (χ4n) is 2.69. The smallest absolute Gasteiger partial charge is 0.418 e. The van der Waals surface area contributed by atoms with Gasteiger partial charge in [-0.2, -0.15) is 13.2 Å². The van der Waals surface area contributed by atoms with Gasteiger partial charge in [-0.15, -0.1) is 0 Å². The van der Waals surface area contributed by atoms with Crippen molar-refractivity contribution < 1.29 is 27.2 Å². The van der Waals surface area contributed by atoms with Crippen LogP contribution in [0.15, 0.2) is 65.3 Å². The molecule has 0 aliphatic rings. The summed E-state index contributed by atoms with van der Waals surface area (Å²) in [6, 6.07) is 12.8. The molecule has 0 fully saturated rings. The van der Waals surface area contributed by atoms with Crippen LogP contribution in [0.4, 0.5) is 24.5 Å². The molecule has 0 saturated carbocycles. The maximum atomic E-state index is 13.5. The molecule has 2 N–H and O–H groups in total. The molecule has 0 spiro atoms. The number of rotatable bonds is 6. The van der Waals surface area contributed by atoms with Gasteiger partial charge in [-0.1, -0.05) is 23.7 Å². The molecule has 0 unspecified atom stereocenters. The highest BCUT2D eigenvalue weighted by Gasteiger charge is 2.34. The topological polar surface area (TPSA) is 71.3 Å². The van der Waals surface area contributed by atoms with Gasteiger partial charge >= 0.3 is 6.18 Å². The number of hydrogen-bond acceptors (Lipinski definition) is 3. The van der Waals surface area contributed by atoms with Crippen LogP contribution in [-0.2, 0) is 17.4 Å². The number of hydrogen-bond donors (Lipinski definition) is 2. The van der Waals surface area contributed by atoms with Crippen LogP contribution in [0, 0.1) is 0 Å². The highest BCUT2D eigenvalue weighted by atomic mass is 35.5. The molecule has 2 amide bonds. The van der Waals surface area contributed by atoms with Crippen molar-refractivity contribution in [3.05, 3.63) is 82.8 Å². The maximum Gasteiger partial charge on any atom is 0.418 e. The van der Waals surface area contributed by atoms with E-state index in [1.165, 1.54) is 24.5 Å². The van der Waals surface area contributed by atoms with E-state index in [0.29, 0.717) is 11.4 Å². The molecule has 0 aliphatic carbocycles. The van der Waals surface area contributed by atoms with E-state index in [0.717, 1.165) is 17.7 Å². The third-order valence-electron chi connectivity index (χ3n) is 4.16. The second kappa shape index (κ2) is 9.04. The fraction of sp³-hybridized carbons (Fsp3) is 0.143. The molecular weight excluding hydrogens is 421 g/mol. The van der Waals surface area contributed by atoms with E-state index < -0.39 is 23.6 Å². The van der Waals surface area contributed by atoms with Gasteiger partial charge in [0, 0.05) is 17.1 Å². The molecule has 1 aromatic heterocycles. The van der Waals surface area contributed by atoms with E-state index in [1.54, 1.807) is 24.3 Å². The van der Waals surface area contributed by atoms with Crippen molar-refractivity contribution in [1.82, 2.24) is 0 Å². The van der Waals surface area contributed by atoms with Crippen molar-refractivity contribution in [2.45, 2.75) is 19.0 Å². The molecule has 0 bridgehead atoms. The van der Waals surface area contributed by atoms with Crippen LogP contribution in [0.3, 0.4) is 0 Å². The highest BCUT2D eigenvalue weighted by Crippen LogP contribution is 2.36. The van der Waals surface area contributed by atoms with Crippen molar-refractivity contribution in [3.8, 4) is 0 Å². The number of carbonyl (C=O) groups is 2. The minimum atomic E-state index is -4.73. The number of nitrogens with one attached hydrogen (secondary N) is 2. The van der Waals surface area contributed by atoms with Gasteiger partial charge in [-0.3, -0.25) is 9.59 Å². The molecule has 5 nitrogen and oxygen atoms in total. The summed E-state index contributed by atoms with van der Waals surface area (Å²) in [5, 5.41) is 5.18. The minimum absolute atomic E-state index is 0.00406. The lowest BCUT2D eigenvalue weighted by Gasteiger charge is -2.15. The zero-order valence-corrected chi connectivity index (χ0v) is 16.2. The van der Waals surface area contributed by atoms with Crippen LogP contribution in [0.5, 0.6) is 0 Å². The Kier molecular flexibility index (Phi) is 6.47. The number of benzene rings is 2. The molecule has 0 aliphatic heterocycles. The number of carbonyl (C=O) groups excluding carboxylic acids is 2. The second-order valence-corrected chi connectivity index (χ2v) is 6.80. The van der Waals surface area contributed by atoms with Crippen molar-refractivity contribution in [2.75, 3.05) is 10.6 Å². The molecule has 9 heteroatoms. The van der Waals surface area contributed by atoms with Crippen molar-refractivity contribution in [2.24, 2.45) is 0 Å². The Morgan fingerprint density at radius 2 is 1.73 bits per heavy atom. The van der Waals surface area contributed by atoms with Crippen LogP contribution in [0.2, 0.25) is 5.02 Å². The first kappa shape index (κ1) is 21.4. The van der Waals surface area contributed by atoms with Crippen LogP contribution < -0.4 is 10.6 Å². The summed E-state index contributed by atoms with van der Waals surface area (Å²) in [5.41, 5.74) is -0.705. The Morgan fingerprint density at radius 3 is 2.37 bits per heavy atom. The Hall–Kier alpha value is -3.26. The second-order valence-electron chi connectivity index (χ2n) is 6.36. The normalized spacial score (nSPS) is 11.2. The molecule has 156 valence electrons. The van der Waals surface area contributed by atoms with Gasteiger partial charge < -0.3 is 15.1 Å². The molecule has 0 atom stereocenters. The minimum Gasteiger partial charge on any atom is -0.459 e. The molecule has 3 rings (SSSR count). The number of anilines is 2. The first-order valence-electron chi connectivity index (χ1n) is 8.83. The van der Waals surface area contributed by atoms with Gasteiger partial charge in [0.2, 0.25) is 5.91 Å². The van der Waals surface area contributed by atoms with Gasteiger partial charge in [-0.05, 0) is 54.4 Å². The average Bonchev–Trinajstić information content (AvgIpc) is 3.23. The van der Waals surface area contributed by atoms with E-state index in [4.69, 9.17) is 16.0 Å².